The number of aliphatic hydroxyl groups is 3. The Hall–Kier alpha value is -1.87. The third-order valence-corrected chi connectivity index (χ3v) is 5.27. The van der Waals surface area contributed by atoms with E-state index in [2.05, 4.69) is 4.98 Å². The molecule has 1 saturated heterocycles. The smallest absolute Gasteiger partial charge is 0.184 e. The van der Waals surface area contributed by atoms with Crippen LogP contribution in [-0.4, -0.2) is 50.6 Å². The van der Waals surface area contributed by atoms with Crippen molar-refractivity contribution in [3.05, 3.63) is 35.6 Å². The van der Waals surface area contributed by atoms with Gasteiger partial charge in [0.2, 0.25) is 0 Å². The number of alkyl halides is 1. The number of rotatable bonds is 2. The van der Waals surface area contributed by atoms with Gasteiger partial charge >= 0.3 is 0 Å². The summed E-state index contributed by atoms with van der Waals surface area (Å²) in [5.74, 6) is -1.55. The van der Waals surface area contributed by atoms with E-state index >= 15 is 0 Å². The molecular formula is C17H18F2N2O4. The van der Waals surface area contributed by atoms with Crippen LogP contribution in [0.3, 0.4) is 0 Å². The van der Waals surface area contributed by atoms with Gasteiger partial charge in [0, 0.05) is 17.7 Å². The SMILES string of the molecule is Nc1nc2cc(C[C@H]3[C@H]4OC(O)[C@H](O)[C@@]4(O)C[C@@H]3F)ccc2cc1F. The van der Waals surface area contributed by atoms with Gasteiger partial charge in [-0.15, -0.1) is 0 Å². The maximum Gasteiger partial charge on any atom is 0.184 e. The zero-order valence-electron chi connectivity index (χ0n) is 13.1. The minimum atomic E-state index is -1.80. The summed E-state index contributed by atoms with van der Waals surface area (Å²) >= 11 is 0. The minimum absolute atomic E-state index is 0.211. The molecule has 6 nitrogen and oxygen atoms in total. The van der Waals surface area contributed by atoms with Gasteiger partial charge in [0.15, 0.2) is 17.9 Å². The second kappa shape index (κ2) is 5.57. The third kappa shape index (κ3) is 2.48. The Labute approximate surface area is 141 Å². The fourth-order valence-corrected chi connectivity index (χ4v) is 3.96. The average Bonchev–Trinajstić information content (AvgIpc) is 2.92. The van der Waals surface area contributed by atoms with Crippen LogP contribution in [0.25, 0.3) is 10.9 Å². The summed E-state index contributed by atoms with van der Waals surface area (Å²) in [6.45, 7) is 0. The maximum atomic E-state index is 14.5. The van der Waals surface area contributed by atoms with Crippen molar-refractivity contribution in [2.45, 2.75) is 43.1 Å². The molecule has 1 saturated carbocycles. The summed E-state index contributed by atoms with van der Waals surface area (Å²) < 4.78 is 33.1. The number of hydrogen-bond acceptors (Lipinski definition) is 6. The number of ether oxygens (including phenoxy) is 1. The van der Waals surface area contributed by atoms with Crippen molar-refractivity contribution >= 4 is 16.7 Å². The number of hydrogen-bond donors (Lipinski definition) is 4. The number of aliphatic hydroxyl groups excluding tert-OH is 2. The Morgan fingerprint density at radius 1 is 1.32 bits per heavy atom. The molecule has 1 aromatic carbocycles. The molecule has 134 valence electrons. The van der Waals surface area contributed by atoms with Gasteiger partial charge in [0.05, 0.1) is 11.6 Å². The Bertz CT molecular complexity index is 836. The fourth-order valence-electron chi connectivity index (χ4n) is 3.96. The average molecular weight is 352 g/mol. The van der Waals surface area contributed by atoms with Crippen LogP contribution in [0.2, 0.25) is 0 Å². The summed E-state index contributed by atoms with van der Waals surface area (Å²) in [6.07, 6.45) is -5.56. The summed E-state index contributed by atoms with van der Waals surface area (Å²) in [5.41, 5.74) is 4.88. The highest BCUT2D eigenvalue weighted by atomic mass is 19.1. The van der Waals surface area contributed by atoms with Crippen LogP contribution in [0, 0.1) is 11.7 Å². The highest BCUT2D eigenvalue weighted by Crippen LogP contribution is 2.48. The number of nitrogens with two attached hydrogens (primary N) is 1. The number of fused-ring (bicyclic) bond motifs is 2. The van der Waals surface area contributed by atoms with E-state index in [1.807, 2.05) is 0 Å². The lowest BCUT2D eigenvalue weighted by Crippen LogP contribution is -2.46. The van der Waals surface area contributed by atoms with Crippen molar-refractivity contribution in [1.82, 2.24) is 4.98 Å². The standard InChI is InChI=1S/C17H18F2N2O4/c18-10-5-8-2-1-7(4-12(8)21-15(10)20)3-9-11(19)6-17(24)13(22)16(23)25-14(9)17/h1-2,4-5,9,11,13-14,16,22-24H,3,6H2,(H2,20,21)/t9-,11+,13+,14-,16?,17+/m1/s1. The molecule has 2 heterocycles. The van der Waals surface area contributed by atoms with Crippen LogP contribution in [0.15, 0.2) is 24.3 Å². The van der Waals surface area contributed by atoms with E-state index in [0.717, 1.165) is 0 Å². The van der Waals surface area contributed by atoms with E-state index in [9.17, 15) is 24.1 Å². The Morgan fingerprint density at radius 3 is 2.84 bits per heavy atom. The third-order valence-electron chi connectivity index (χ3n) is 5.27. The lowest BCUT2D eigenvalue weighted by atomic mass is 9.90. The van der Waals surface area contributed by atoms with Crippen LogP contribution >= 0.6 is 0 Å². The van der Waals surface area contributed by atoms with E-state index in [-0.39, 0.29) is 18.7 Å². The van der Waals surface area contributed by atoms with E-state index in [0.29, 0.717) is 16.5 Å². The van der Waals surface area contributed by atoms with Crippen LogP contribution in [-0.2, 0) is 11.2 Å². The van der Waals surface area contributed by atoms with E-state index in [4.69, 9.17) is 10.5 Å². The number of nitrogens with zero attached hydrogens (tertiary/aromatic N) is 1. The van der Waals surface area contributed by atoms with Crippen LogP contribution in [0.4, 0.5) is 14.6 Å². The van der Waals surface area contributed by atoms with E-state index in [1.165, 1.54) is 6.07 Å². The highest BCUT2D eigenvalue weighted by molar-refractivity contribution is 5.80. The fraction of sp³-hybridized carbons (Fsp3) is 0.471. The second-order valence-corrected chi connectivity index (χ2v) is 6.85. The molecule has 0 amide bonds. The van der Waals surface area contributed by atoms with Gasteiger partial charge < -0.3 is 25.8 Å². The molecule has 1 aliphatic carbocycles. The van der Waals surface area contributed by atoms with Gasteiger partial charge in [-0.3, -0.25) is 0 Å². The number of nitrogen functional groups attached to an aromatic ring is 1. The molecule has 0 bridgehead atoms. The van der Waals surface area contributed by atoms with Crippen molar-refractivity contribution in [3.8, 4) is 0 Å². The van der Waals surface area contributed by atoms with Crippen molar-refractivity contribution in [1.29, 1.82) is 0 Å². The summed E-state index contributed by atoms with van der Waals surface area (Å²) in [4.78, 5) is 3.98. The molecule has 25 heavy (non-hydrogen) atoms. The molecule has 6 atom stereocenters. The van der Waals surface area contributed by atoms with E-state index in [1.54, 1.807) is 18.2 Å². The first-order chi connectivity index (χ1) is 11.8. The molecule has 1 aromatic heterocycles. The molecule has 2 fully saturated rings. The molecule has 2 aromatic rings. The number of pyridine rings is 1. The maximum absolute atomic E-state index is 14.5. The van der Waals surface area contributed by atoms with Crippen LogP contribution in [0.1, 0.15) is 12.0 Å². The molecule has 4 rings (SSSR count). The van der Waals surface area contributed by atoms with Crippen LogP contribution < -0.4 is 5.73 Å². The van der Waals surface area contributed by atoms with E-state index < -0.39 is 42.0 Å². The molecule has 1 aliphatic heterocycles. The van der Waals surface area contributed by atoms with Gasteiger partial charge in [-0.25, -0.2) is 13.8 Å². The van der Waals surface area contributed by atoms with Crippen molar-refractivity contribution < 1.29 is 28.8 Å². The number of anilines is 1. The van der Waals surface area contributed by atoms with Crippen molar-refractivity contribution in [2.75, 3.05) is 5.73 Å². The minimum Gasteiger partial charge on any atom is -0.385 e. The molecule has 0 spiro atoms. The molecule has 1 unspecified atom stereocenters. The van der Waals surface area contributed by atoms with Gasteiger partial charge in [-0.05, 0) is 24.1 Å². The Balaban J connectivity index is 1.63. The first-order valence-corrected chi connectivity index (χ1v) is 8.02. The van der Waals surface area contributed by atoms with Crippen LogP contribution in [0.5, 0.6) is 0 Å². The molecule has 2 aliphatic rings. The predicted octanol–water partition coefficient (Wildman–Crippen LogP) is 0.666. The zero-order chi connectivity index (χ0) is 17.9. The van der Waals surface area contributed by atoms with Crippen molar-refractivity contribution in [3.63, 3.8) is 0 Å². The lowest BCUT2D eigenvalue weighted by molar-refractivity contribution is -0.141. The first-order valence-electron chi connectivity index (χ1n) is 8.02. The number of aromatic nitrogens is 1. The van der Waals surface area contributed by atoms with Gasteiger partial charge in [-0.1, -0.05) is 12.1 Å². The largest absolute Gasteiger partial charge is 0.385 e. The second-order valence-electron chi connectivity index (χ2n) is 6.85. The number of halogens is 2. The van der Waals surface area contributed by atoms with Gasteiger partial charge in [0.25, 0.3) is 0 Å². The highest BCUT2D eigenvalue weighted by Gasteiger charge is 2.64. The monoisotopic (exact) mass is 352 g/mol. The summed E-state index contributed by atoms with van der Waals surface area (Å²) in [6, 6.07) is 6.33. The molecule has 8 heteroatoms. The normalized spacial score (nSPS) is 37.6. The van der Waals surface area contributed by atoms with Gasteiger partial charge in [0.1, 0.15) is 17.9 Å². The quantitative estimate of drug-likeness (QED) is 0.632. The molecular weight excluding hydrogens is 334 g/mol. The van der Waals surface area contributed by atoms with Crippen molar-refractivity contribution in [2.24, 2.45) is 5.92 Å². The first kappa shape index (κ1) is 16.6. The molecule has 5 N–H and O–H groups in total. The number of benzene rings is 1. The predicted molar refractivity (Wildman–Crippen MR) is 84.7 cm³/mol. The zero-order valence-corrected chi connectivity index (χ0v) is 13.1. The lowest BCUT2D eigenvalue weighted by Gasteiger charge is -2.25. The molecule has 0 radical (unpaired) electrons. The van der Waals surface area contributed by atoms with Gasteiger partial charge in [-0.2, -0.15) is 0 Å². The Morgan fingerprint density at radius 2 is 2.08 bits per heavy atom. The summed E-state index contributed by atoms with van der Waals surface area (Å²) in [5, 5.41) is 30.5. The Kier molecular flexibility index (Phi) is 3.69. The topological polar surface area (TPSA) is 109 Å². The summed E-state index contributed by atoms with van der Waals surface area (Å²) in [7, 11) is 0.